The standard InChI is InChI=1S/C16H22N2O2S/c1-12(11-20-2)17-15(19)9-5-6-10-16-18-13-7-3-4-8-14(13)21-16/h3-4,7-8,12H,5-6,9-11H2,1-2H3,(H,17,19). The number of unbranched alkanes of at least 4 members (excludes halogenated alkanes) is 1. The van der Waals surface area contributed by atoms with Gasteiger partial charge < -0.3 is 10.1 Å². The molecule has 2 rings (SSSR count). The molecule has 1 amide bonds. The number of carbonyl (C=O) groups is 1. The van der Waals surface area contributed by atoms with E-state index in [4.69, 9.17) is 4.74 Å². The van der Waals surface area contributed by atoms with E-state index in [1.54, 1.807) is 18.4 Å². The maximum atomic E-state index is 11.7. The normalized spacial score (nSPS) is 12.5. The molecule has 1 heterocycles. The van der Waals surface area contributed by atoms with Crippen LogP contribution in [0.2, 0.25) is 0 Å². The number of para-hydroxylation sites is 1. The van der Waals surface area contributed by atoms with Gasteiger partial charge in [0, 0.05) is 19.6 Å². The first-order valence-electron chi connectivity index (χ1n) is 7.32. The number of hydrogen-bond donors (Lipinski definition) is 1. The summed E-state index contributed by atoms with van der Waals surface area (Å²) in [5.74, 6) is 0.101. The van der Waals surface area contributed by atoms with Crippen molar-refractivity contribution in [3.63, 3.8) is 0 Å². The van der Waals surface area contributed by atoms with Gasteiger partial charge in [0.1, 0.15) is 0 Å². The molecule has 114 valence electrons. The minimum absolute atomic E-state index is 0.0757. The second kappa shape index (κ2) is 8.10. The first-order valence-corrected chi connectivity index (χ1v) is 8.13. The Hall–Kier alpha value is -1.46. The summed E-state index contributed by atoms with van der Waals surface area (Å²) in [7, 11) is 1.64. The molecule has 0 spiro atoms. The molecule has 1 N–H and O–H groups in total. The second-order valence-electron chi connectivity index (χ2n) is 5.21. The third-order valence-electron chi connectivity index (χ3n) is 3.21. The van der Waals surface area contributed by atoms with Crippen molar-refractivity contribution >= 4 is 27.5 Å². The Morgan fingerprint density at radius 3 is 2.95 bits per heavy atom. The summed E-state index contributed by atoms with van der Waals surface area (Å²) in [4.78, 5) is 16.3. The fourth-order valence-corrected chi connectivity index (χ4v) is 3.24. The molecule has 0 saturated carbocycles. The van der Waals surface area contributed by atoms with E-state index in [1.807, 2.05) is 25.1 Å². The number of carbonyl (C=O) groups excluding carboxylic acids is 1. The van der Waals surface area contributed by atoms with E-state index in [2.05, 4.69) is 16.4 Å². The maximum Gasteiger partial charge on any atom is 0.220 e. The van der Waals surface area contributed by atoms with Gasteiger partial charge in [-0.05, 0) is 38.3 Å². The fraction of sp³-hybridized carbons (Fsp3) is 0.500. The van der Waals surface area contributed by atoms with Crippen molar-refractivity contribution in [2.24, 2.45) is 0 Å². The first kappa shape index (κ1) is 15.9. The second-order valence-corrected chi connectivity index (χ2v) is 6.32. The number of hydrogen-bond acceptors (Lipinski definition) is 4. The van der Waals surface area contributed by atoms with Crippen LogP contribution in [0.5, 0.6) is 0 Å². The summed E-state index contributed by atoms with van der Waals surface area (Å²) < 4.78 is 6.23. The van der Waals surface area contributed by atoms with Crippen LogP contribution in [0.4, 0.5) is 0 Å². The van der Waals surface area contributed by atoms with Crippen molar-refractivity contribution in [2.45, 2.75) is 38.6 Å². The molecular weight excluding hydrogens is 284 g/mol. The fourth-order valence-electron chi connectivity index (χ4n) is 2.23. The van der Waals surface area contributed by atoms with Crippen LogP contribution in [0.3, 0.4) is 0 Å². The molecule has 0 bridgehead atoms. The predicted molar refractivity (Wildman–Crippen MR) is 86.7 cm³/mol. The number of aryl methyl sites for hydroxylation is 1. The van der Waals surface area contributed by atoms with Gasteiger partial charge in [-0.15, -0.1) is 11.3 Å². The van der Waals surface area contributed by atoms with E-state index < -0.39 is 0 Å². The quantitative estimate of drug-likeness (QED) is 0.762. The third kappa shape index (κ3) is 5.10. The summed E-state index contributed by atoms with van der Waals surface area (Å²) in [6, 6.07) is 8.26. The number of amides is 1. The molecule has 1 atom stereocenters. The lowest BCUT2D eigenvalue weighted by atomic mass is 10.2. The van der Waals surface area contributed by atoms with Gasteiger partial charge in [0.05, 0.1) is 21.8 Å². The van der Waals surface area contributed by atoms with Crippen LogP contribution in [0.15, 0.2) is 24.3 Å². The summed E-state index contributed by atoms with van der Waals surface area (Å²) in [6.07, 6.45) is 3.40. The molecule has 0 aliphatic heterocycles. The molecule has 0 aliphatic carbocycles. The largest absolute Gasteiger partial charge is 0.383 e. The molecule has 5 heteroatoms. The van der Waals surface area contributed by atoms with E-state index in [1.165, 1.54) is 4.70 Å². The number of nitrogens with one attached hydrogen (secondary N) is 1. The molecular formula is C16H22N2O2S. The lowest BCUT2D eigenvalue weighted by molar-refractivity contribution is -0.122. The highest BCUT2D eigenvalue weighted by Crippen LogP contribution is 2.22. The smallest absolute Gasteiger partial charge is 0.220 e. The van der Waals surface area contributed by atoms with E-state index >= 15 is 0 Å². The van der Waals surface area contributed by atoms with Crippen molar-refractivity contribution in [1.29, 1.82) is 0 Å². The first-order chi connectivity index (χ1) is 10.2. The zero-order valence-electron chi connectivity index (χ0n) is 12.6. The van der Waals surface area contributed by atoms with Gasteiger partial charge >= 0.3 is 0 Å². The Balaban J connectivity index is 1.68. The Morgan fingerprint density at radius 1 is 1.38 bits per heavy atom. The van der Waals surface area contributed by atoms with Crippen molar-refractivity contribution in [3.05, 3.63) is 29.3 Å². The van der Waals surface area contributed by atoms with Crippen LogP contribution in [-0.2, 0) is 16.0 Å². The van der Waals surface area contributed by atoms with Crippen molar-refractivity contribution in [1.82, 2.24) is 10.3 Å². The summed E-state index contributed by atoms with van der Waals surface area (Å²) in [6.45, 7) is 2.50. The molecule has 0 fully saturated rings. The average molecular weight is 306 g/mol. The number of thiazole rings is 1. The highest BCUT2D eigenvalue weighted by Gasteiger charge is 2.07. The number of benzene rings is 1. The highest BCUT2D eigenvalue weighted by atomic mass is 32.1. The zero-order chi connectivity index (χ0) is 15.1. The number of aromatic nitrogens is 1. The van der Waals surface area contributed by atoms with Crippen LogP contribution in [0, 0.1) is 0 Å². The van der Waals surface area contributed by atoms with Gasteiger partial charge in [0.15, 0.2) is 0 Å². The topological polar surface area (TPSA) is 51.2 Å². The number of ether oxygens (including phenoxy) is 1. The summed E-state index contributed by atoms with van der Waals surface area (Å²) >= 11 is 1.75. The molecule has 0 saturated heterocycles. The van der Waals surface area contributed by atoms with Crippen molar-refractivity contribution in [2.75, 3.05) is 13.7 Å². The van der Waals surface area contributed by atoms with Gasteiger partial charge in [-0.3, -0.25) is 4.79 Å². The minimum Gasteiger partial charge on any atom is -0.383 e. The Morgan fingerprint density at radius 2 is 2.19 bits per heavy atom. The Bertz CT molecular complexity index is 549. The molecule has 1 aromatic carbocycles. The average Bonchev–Trinajstić information content (AvgIpc) is 2.86. The molecule has 21 heavy (non-hydrogen) atoms. The molecule has 4 nitrogen and oxygen atoms in total. The molecule has 2 aromatic rings. The predicted octanol–water partition coefficient (Wildman–Crippen LogP) is 3.16. The van der Waals surface area contributed by atoms with Crippen LogP contribution in [0.25, 0.3) is 10.2 Å². The van der Waals surface area contributed by atoms with Gasteiger partial charge in [-0.1, -0.05) is 12.1 Å². The maximum absolute atomic E-state index is 11.7. The van der Waals surface area contributed by atoms with Crippen LogP contribution in [0.1, 0.15) is 31.2 Å². The minimum atomic E-state index is 0.0757. The van der Waals surface area contributed by atoms with Crippen LogP contribution >= 0.6 is 11.3 Å². The number of nitrogens with zero attached hydrogens (tertiary/aromatic N) is 1. The zero-order valence-corrected chi connectivity index (χ0v) is 13.4. The van der Waals surface area contributed by atoms with Gasteiger partial charge in [0.2, 0.25) is 5.91 Å². The molecule has 0 aliphatic rings. The summed E-state index contributed by atoms with van der Waals surface area (Å²) in [5.41, 5.74) is 1.07. The lowest BCUT2D eigenvalue weighted by Gasteiger charge is -2.12. The molecule has 1 aromatic heterocycles. The lowest BCUT2D eigenvalue weighted by Crippen LogP contribution is -2.35. The van der Waals surface area contributed by atoms with Crippen molar-refractivity contribution < 1.29 is 9.53 Å². The Kier molecular flexibility index (Phi) is 6.14. The van der Waals surface area contributed by atoms with Gasteiger partial charge in [-0.25, -0.2) is 4.98 Å². The van der Waals surface area contributed by atoms with Crippen LogP contribution in [-0.4, -0.2) is 30.6 Å². The molecule has 1 unspecified atom stereocenters. The number of rotatable bonds is 8. The highest BCUT2D eigenvalue weighted by molar-refractivity contribution is 7.18. The number of fused-ring (bicyclic) bond motifs is 1. The third-order valence-corrected chi connectivity index (χ3v) is 4.30. The van der Waals surface area contributed by atoms with Gasteiger partial charge in [-0.2, -0.15) is 0 Å². The van der Waals surface area contributed by atoms with Crippen LogP contribution < -0.4 is 5.32 Å². The van der Waals surface area contributed by atoms with E-state index in [0.717, 1.165) is 29.8 Å². The van der Waals surface area contributed by atoms with Crippen molar-refractivity contribution in [3.8, 4) is 0 Å². The van der Waals surface area contributed by atoms with Gasteiger partial charge in [0.25, 0.3) is 0 Å². The summed E-state index contributed by atoms with van der Waals surface area (Å²) in [5, 5.41) is 4.08. The van der Waals surface area contributed by atoms with E-state index in [0.29, 0.717) is 13.0 Å². The Labute approximate surface area is 129 Å². The SMILES string of the molecule is COCC(C)NC(=O)CCCCc1nc2ccccc2s1. The monoisotopic (exact) mass is 306 g/mol. The number of methoxy groups -OCH3 is 1. The molecule has 0 radical (unpaired) electrons. The van der Waals surface area contributed by atoms with E-state index in [-0.39, 0.29) is 11.9 Å². The van der Waals surface area contributed by atoms with E-state index in [9.17, 15) is 4.79 Å².